The van der Waals surface area contributed by atoms with Crippen LogP contribution in [0.3, 0.4) is 0 Å². The van der Waals surface area contributed by atoms with Crippen molar-refractivity contribution >= 4 is 24.4 Å². The van der Waals surface area contributed by atoms with Gasteiger partial charge in [0.1, 0.15) is 11.2 Å². The minimum absolute atomic E-state index is 0.0739. The molecule has 1 atom stereocenters. The first kappa shape index (κ1) is 28.4. The predicted octanol–water partition coefficient (Wildman–Crippen LogP) is 5.21. The molecule has 0 aliphatic heterocycles. The highest BCUT2D eigenvalue weighted by Crippen LogP contribution is 2.22. The molecule has 0 unspecified atom stereocenters. The number of carbonyl (C=O) groups is 3. The van der Waals surface area contributed by atoms with Crippen LogP contribution in [-0.2, 0) is 20.6 Å². The van der Waals surface area contributed by atoms with Crippen molar-refractivity contribution in [2.24, 2.45) is 5.10 Å². The van der Waals surface area contributed by atoms with E-state index < -0.39 is 35.1 Å². The maximum Gasteiger partial charge on any atom is 0.428 e. The van der Waals surface area contributed by atoms with Gasteiger partial charge in [-0.25, -0.2) is 19.8 Å². The summed E-state index contributed by atoms with van der Waals surface area (Å²) in [5, 5.41) is 6.63. The van der Waals surface area contributed by atoms with E-state index in [1.807, 2.05) is 30.3 Å². The summed E-state index contributed by atoms with van der Waals surface area (Å²) in [7, 11) is 0. The Balaban J connectivity index is 2.36. The standard InChI is InChI=1S/C27H35N3O6/c1-25(2,3)35-23(32)29-27(19-20-13-9-7-10-14-20,34-22(31)21-15-11-8-12-16-21)17-18-28-30-24(33)36-26(4,5)6/h7-16,18H,17,19H2,1-6H3,(H,29,32)(H,30,33)/t27-/m1/s1. The minimum Gasteiger partial charge on any atom is -0.444 e. The van der Waals surface area contributed by atoms with Gasteiger partial charge in [0.25, 0.3) is 0 Å². The van der Waals surface area contributed by atoms with Crippen molar-refractivity contribution in [3.8, 4) is 0 Å². The summed E-state index contributed by atoms with van der Waals surface area (Å²) in [4.78, 5) is 37.8. The number of hydrogen-bond acceptors (Lipinski definition) is 7. The van der Waals surface area contributed by atoms with Gasteiger partial charge in [0.15, 0.2) is 5.72 Å². The Kier molecular flexibility index (Phi) is 9.60. The Hall–Kier alpha value is -3.88. The van der Waals surface area contributed by atoms with E-state index >= 15 is 0 Å². The summed E-state index contributed by atoms with van der Waals surface area (Å²) in [6.07, 6.45) is -0.135. The van der Waals surface area contributed by atoms with Crippen LogP contribution in [0.15, 0.2) is 65.8 Å². The van der Waals surface area contributed by atoms with E-state index in [1.165, 1.54) is 6.21 Å². The Morgan fingerprint density at radius 3 is 1.86 bits per heavy atom. The van der Waals surface area contributed by atoms with E-state index in [1.54, 1.807) is 71.9 Å². The molecule has 2 aromatic carbocycles. The van der Waals surface area contributed by atoms with Crippen molar-refractivity contribution in [2.75, 3.05) is 0 Å². The first-order chi connectivity index (χ1) is 16.8. The Morgan fingerprint density at radius 2 is 1.31 bits per heavy atom. The van der Waals surface area contributed by atoms with Gasteiger partial charge in [0.2, 0.25) is 0 Å². The maximum absolute atomic E-state index is 13.1. The Bertz CT molecular complexity index is 1040. The number of alkyl carbamates (subject to hydrolysis) is 1. The molecule has 0 aliphatic rings. The number of benzene rings is 2. The van der Waals surface area contributed by atoms with Crippen molar-refractivity contribution in [3.63, 3.8) is 0 Å². The molecule has 36 heavy (non-hydrogen) atoms. The molecular formula is C27H35N3O6. The van der Waals surface area contributed by atoms with Gasteiger partial charge in [-0.3, -0.25) is 5.32 Å². The van der Waals surface area contributed by atoms with Crippen LogP contribution in [0, 0.1) is 0 Å². The van der Waals surface area contributed by atoms with Crippen LogP contribution in [0.2, 0.25) is 0 Å². The molecule has 0 spiro atoms. The van der Waals surface area contributed by atoms with Gasteiger partial charge < -0.3 is 14.2 Å². The molecule has 2 amide bonds. The maximum atomic E-state index is 13.1. The van der Waals surface area contributed by atoms with Crippen LogP contribution in [0.5, 0.6) is 0 Å². The van der Waals surface area contributed by atoms with Gasteiger partial charge >= 0.3 is 18.2 Å². The van der Waals surface area contributed by atoms with Crippen LogP contribution in [0.4, 0.5) is 9.59 Å². The third-order valence-corrected chi connectivity index (χ3v) is 4.43. The van der Waals surface area contributed by atoms with Gasteiger partial charge in [-0.2, -0.15) is 5.10 Å². The largest absolute Gasteiger partial charge is 0.444 e. The molecule has 9 nitrogen and oxygen atoms in total. The molecule has 0 saturated carbocycles. The zero-order valence-electron chi connectivity index (χ0n) is 21.7. The Morgan fingerprint density at radius 1 is 0.778 bits per heavy atom. The molecule has 0 fully saturated rings. The smallest absolute Gasteiger partial charge is 0.428 e. The predicted molar refractivity (Wildman–Crippen MR) is 137 cm³/mol. The quantitative estimate of drug-likeness (QED) is 0.170. The first-order valence-corrected chi connectivity index (χ1v) is 11.6. The molecule has 2 rings (SSSR count). The fourth-order valence-corrected chi connectivity index (χ4v) is 3.09. The van der Waals surface area contributed by atoms with E-state index in [4.69, 9.17) is 14.2 Å². The summed E-state index contributed by atoms with van der Waals surface area (Å²) in [5.41, 5.74) is 0.333. The number of hydrazone groups is 1. The number of rotatable bonds is 8. The number of carbonyl (C=O) groups excluding carboxylic acids is 3. The van der Waals surface area contributed by atoms with Gasteiger partial charge in [-0.05, 0) is 59.2 Å². The van der Waals surface area contributed by atoms with Gasteiger partial charge in [-0.1, -0.05) is 48.5 Å². The zero-order chi connectivity index (χ0) is 26.8. The molecule has 2 N–H and O–H groups in total. The van der Waals surface area contributed by atoms with Crippen molar-refractivity contribution in [2.45, 2.75) is 71.3 Å². The first-order valence-electron chi connectivity index (χ1n) is 11.6. The van der Waals surface area contributed by atoms with Crippen molar-refractivity contribution in [1.82, 2.24) is 10.7 Å². The van der Waals surface area contributed by atoms with E-state index in [9.17, 15) is 14.4 Å². The molecule has 194 valence electrons. The third kappa shape index (κ3) is 10.6. The van der Waals surface area contributed by atoms with Crippen LogP contribution < -0.4 is 10.7 Å². The molecule has 0 radical (unpaired) electrons. The second kappa shape index (κ2) is 12.2. The summed E-state index contributed by atoms with van der Waals surface area (Å²) in [6.45, 7) is 10.4. The van der Waals surface area contributed by atoms with Crippen LogP contribution in [0.1, 0.15) is 63.9 Å². The molecule has 0 aliphatic carbocycles. The lowest BCUT2D eigenvalue weighted by molar-refractivity contribution is -0.0385. The van der Waals surface area contributed by atoms with Crippen LogP contribution >= 0.6 is 0 Å². The van der Waals surface area contributed by atoms with E-state index in [0.29, 0.717) is 5.56 Å². The van der Waals surface area contributed by atoms with Crippen molar-refractivity contribution in [3.05, 3.63) is 71.8 Å². The summed E-state index contributed by atoms with van der Waals surface area (Å²) < 4.78 is 16.5. The zero-order valence-corrected chi connectivity index (χ0v) is 21.7. The lowest BCUT2D eigenvalue weighted by Gasteiger charge is -2.34. The number of nitrogens with one attached hydrogen (secondary N) is 2. The molecule has 0 heterocycles. The fourth-order valence-electron chi connectivity index (χ4n) is 3.09. The molecule has 0 saturated heterocycles. The summed E-state index contributed by atoms with van der Waals surface area (Å²) >= 11 is 0. The molecule has 9 heteroatoms. The average molecular weight is 498 g/mol. The molecule has 0 bridgehead atoms. The van der Waals surface area contributed by atoms with E-state index in [0.717, 1.165) is 5.56 Å². The lowest BCUT2D eigenvalue weighted by atomic mass is 9.99. The molecular weight excluding hydrogens is 462 g/mol. The number of amides is 2. The van der Waals surface area contributed by atoms with E-state index in [2.05, 4.69) is 15.8 Å². The molecule has 2 aromatic rings. The highest BCUT2D eigenvalue weighted by molar-refractivity contribution is 5.90. The lowest BCUT2D eigenvalue weighted by Crippen LogP contribution is -2.55. The average Bonchev–Trinajstić information content (AvgIpc) is 2.75. The second-order valence-electron chi connectivity index (χ2n) is 10.2. The Labute approximate surface area is 212 Å². The third-order valence-electron chi connectivity index (χ3n) is 4.43. The van der Waals surface area contributed by atoms with Crippen LogP contribution in [-0.4, -0.2) is 41.3 Å². The summed E-state index contributed by atoms with van der Waals surface area (Å²) in [6, 6.07) is 17.6. The summed E-state index contributed by atoms with van der Waals surface area (Å²) in [5.74, 6) is -0.643. The second-order valence-corrected chi connectivity index (χ2v) is 10.2. The normalized spacial score (nSPS) is 13.4. The number of nitrogens with zero attached hydrogens (tertiary/aromatic N) is 1. The minimum atomic E-state index is -1.57. The van der Waals surface area contributed by atoms with Gasteiger partial charge in [-0.15, -0.1) is 0 Å². The van der Waals surface area contributed by atoms with E-state index in [-0.39, 0.29) is 12.8 Å². The molecule has 0 aromatic heterocycles. The number of esters is 1. The van der Waals surface area contributed by atoms with Crippen molar-refractivity contribution in [1.29, 1.82) is 0 Å². The van der Waals surface area contributed by atoms with Crippen molar-refractivity contribution < 1.29 is 28.6 Å². The topological polar surface area (TPSA) is 115 Å². The fraction of sp³-hybridized carbons (Fsp3) is 0.407. The number of ether oxygens (including phenoxy) is 3. The number of hydrogen-bond donors (Lipinski definition) is 2. The highest BCUT2D eigenvalue weighted by Gasteiger charge is 2.38. The monoisotopic (exact) mass is 497 g/mol. The SMILES string of the molecule is CC(C)(C)OC(=O)NN=CC[C@@](Cc1ccccc1)(NC(=O)OC(C)(C)C)OC(=O)c1ccccc1. The van der Waals surface area contributed by atoms with Crippen LogP contribution in [0.25, 0.3) is 0 Å². The van der Waals surface area contributed by atoms with Gasteiger partial charge in [0, 0.05) is 19.1 Å². The van der Waals surface area contributed by atoms with Gasteiger partial charge in [0.05, 0.1) is 5.56 Å². The highest BCUT2D eigenvalue weighted by atomic mass is 16.6.